The predicted octanol–water partition coefficient (Wildman–Crippen LogP) is 5.92. The van der Waals surface area contributed by atoms with Crippen LogP contribution in [0.3, 0.4) is 0 Å². The Morgan fingerprint density at radius 3 is 1.85 bits per heavy atom. The highest BCUT2D eigenvalue weighted by Gasteiger charge is 2.33. The Balaban J connectivity index is 3.26. The third-order valence-electron chi connectivity index (χ3n) is 6.57. The standard InChI is InChI=1S/C30H47NO10/c1-8-20(6)15-25(32)39-17-21(7)26(27(31)28(33)34)22-9-10-23(40-29(35)37-13-11-18(2)3)24(16-22)41-30(36)38-14-12-19(4)5/h9-10,16,18-21,26-27H,8,11-15,17,31H2,1-7H3,(H,33,34)/t20?,21?,26?,27-/m0/s1. The van der Waals surface area contributed by atoms with Gasteiger partial charge >= 0.3 is 24.2 Å². The van der Waals surface area contributed by atoms with E-state index in [1.807, 2.05) is 41.5 Å². The summed E-state index contributed by atoms with van der Waals surface area (Å²) in [4.78, 5) is 48.9. The molecule has 3 N–H and O–H groups in total. The van der Waals surface area contributed by atoms with Crippen molar-refractivity contribution in [2.24, 2.45) is 29.4 Å². The van der Waals surface area contributed by atoms with Gasteiger partial charge in [-0.25, -0.2) is 9.59 Å². The van der Waals surface area contributed by atoms with E-state index < -0.39 is 36.2 Å². The lowest BCUT2D eigenvalue weighted by molar-refractivity contribution is -0.146. The average molecular weight is 582 g/mol. The van der Waals surface area contributed by atoms with Gasteiger partial charge in [0.2, 0.25) is 0 Å². The fraction of sp³-hybridized carbons (Fsp3) is 0.667. The molecule has 0 fully saturated rings. The van der Waals surface area contributed by atoms with Crippen molar-refractivity contribution >= 4 is 24.2 Å². The molecular weight excluding hydrogens is 534 g/mol. The fourth-order valence-electron chi connectivity index (χ4n) is 3.75. The highest BCUT2D eigenvalue weighted by molar-refractivity contribution is 5.75. The summed E-state index contributed by atoms with van der Waals surface area (Å²) >= 11 is 0. The first-order valence-electron chi connectivity index (χ1n) is 14.2. The number of hydrogen-bond acceptors (Lipinski definition) is 10. The van der Waals surface area contributed by atoms with Crippen molar-refractivity contribution in [2.75, 3.05) is 19.8 Å². The molecule has 1 rings (SSSR count). The van der Waals surface area contributed by atoms with E-state index in [1.165, 1.54) is 18.2 Å². The number of hydrogen-bond donors (Lipinski definition) is 2. The Morgan fingerprint density at radius 2 is 1.37 bits per heavy atom. The number of benzene rings is 1. The lowest BCUT2D eigenvalue weighted by atomic mass is 9.82. The molecule has 0 saturated carbocycles. The first kappa shape index (κ1) is 35.7. The lowest BCUT2D eigenvalue weighted by Crippen LogP contribution is -2.40. The third-order valence-corrected chi connectivity index (χ3v) is 6.57. The second-order valence-electron chi connectivity index (χ2n) is 11.2. The summed E-state index contributed by atoms with van der Waals surface area (Å²) in [6, 6.07) is 2.86. The van der Waals surface area contributed by atoms with Gasteiger partial charge in [-0.3, -0.25) is 9.59 Å². The molecule has 232 valence electrons. The maximum Gasteiger partial charge on any atom is 0.513 e. The van der Waals surface area contributed by atoms with E-state index in [1.54, 1.807) is 6.92 Å². The van der Waals surface area contributed by atoms with Crippen LogP contribution in [0.4, 0.5) is 9.59 Å². The topological polar surface area (TPSA) is 161 Å². The van der Waals surface area contributed by atoms with Crippen LogP contribution in [-0.2, 0) is 23.8 Å². The Hall–Kier alpha value is -3.34. The first-order chi connectivity index (χ1) is 19.2. The van der Waals surface area contributed by atoms with Crippen molar-refractivity contribution in [3.8, 4) is 11.5 Å². The molecule has 1 aromatic carbocycles. The van der Waals surface area contributed by atoms with E-state index in [4.69, 9.17) is 29.4 Å². The van der Waals surface area contributed by atoms with Crippen LogP contribution in [0.2, 0.25) is 0 Å². The van der Waals surface area contributed by atoms with Crippen LogP contribution < -0.4 is 15.2 Å². The van der Waals surface area contributed by atoms with Gasteiger partial charge in [-0.15, -0.1) is 0 Å². The number of carboxylic acids is 1. The van der Waals surface area contributed by atoms with E-state index >= 15 is 0 Å². The first-order valence-corrected chi connectivity index (χ1v) is 14.2. The molecule has 41 heavy (non-hydrogen) atoms. The van der Waals surface area contributed by atoms with Gasteiger partial charge in [0.15, 0.2) is 11.5 Å². The smallest absolute Gasteiger partial charge is 0.480 e. The van der Waals surface area contributed by atoms with Crippen LogP contribution in [0.1, 0.15) is 85.6 Å². The Morgan fingerprint density at radius 1 is 0.829 bits per heavy atom. The van der Waals surface area contributed by atoms with Gasteiger partial charge in [-0.1, -0.05) is 61.0 Å². The molecule has 0 spiro atoms. The zero-order valence-corrected chi connectivity index (χ0v) is 25.3. The molecule has 0 aliphatic heterocycles. The molecule has 0 amide bonds. The summed E-state index contributed by atoms with van der Waals surface area (Å²) in [6.07, 6.45) is 0.301. The minimum atomic E-state index is -1.38. The molecule has 0 radical (unpaired) electrons. The number of ether oxygens (including phenoxy) is 5. The van der Waals surface area contributed by atoms with Crippen molar-refractivity contribution < 1.29 is 48.0 Å². The van der Waals surface area contributed by atoms with Crippen LogP contribution in [0, 0.1) is 23.7 Å². The van der Waals surface area contributed by atoms with Crippen LogP contribution >= 0.6 is 0 Å². The molecule has 0 heterocycles. The molecular formula is C30H47NO10. The fourth-order valence-corrected chi connectivity index (χ4v) is 3.75. The van der Waals surface area contributed by atoms with E-state index in [0.29, 0.717) is 30.2 Å². The molecule has 0 aliphatic rings. The summed E-state index contributed by atoms with van der Waals surface area (Å²) in [5.41, 5.74) is 6.44. The largest absolute Gasteiger partial charge is 0.513 e. The minimum absolute atomic E-state index is 0.0746. The van der Waals surface area contributed by atoms with Crippen LogP contribution in [0.25, 0.3) is 0 Å². The third kappa shape index (κ3) is 13.7. The summed E-state index contributed by atoms with van der Waals surface area (Å²) in [6.45, 7) is 13.7. The van der Waals surface area contributed by atoms with E-state index in [2.05, 4.69) is 0 Å². The Kier molecular flexibility index (Phi) is 15.8. The number of aliphatic carboxylic acids is 1. The summed E-state index contributed by atoms with van der Waals surface area (Å²) < 4.78 is 26.3. The quantitative estimate of drug-likeness (QED) is 0.128. The predicted molar refractivity (Wildman–Crippen MR) is 152 cm³/mol. The second kappa shape index (κ2) is 18.2. The Bertz CT molecular complexity index is 993. The van der Waals surface area contributed by atoms with Gasteiger partial charge < -0.3 is 34.5 Å². The molecule has 0 aliphatic carbocycles. The molecule has 0 aromatic heterocycles. The Labute approximate surface area is 243 Å². The van der Waals surface area contributed by atoms with Crippen molar-refractivity contribution in [1.82, 2.24) is 0 Å². The number of nitrogens with two attached hydrogens (primary N) is 1. The van der Waals surface area contributed by atoms with E-state index in [9.17, 15) is 24.3 Å². The van der Waals surface area contributed by atoms with Gasteiger partial charge in [0.05, 0.1) is 19.8 Å². The highest BCUT2D eigenvalue weighted by atomic mass is 16.7. The molecule has 0 saturated heterocycles. The van der Waals surface area contributed by atoms with Gasteiger partial charge in [-0.2, -0.15) is 0 Å². The van der Waals surface area contributed by atoms with Crippen molar-refractivity contribution in [3.05, 3.63) is 23.8 Å². The van der Waals surface area contributed by atoms with E-state index in [-0.39, 0.29) is 49.6 Å². The molecule has 0 bridgehead atoms. The summed E-state index contributed by atoms with van der Waals surface area (Å²) in [5.74, 6) is -2.58. The molecule has 3 unspecified atom stereocenters. The number of carbonyl (C=O) groups is 4. The second-order valence-corrected chi connectivity index (χ2v) is 11.2. The number of rotatable bonds is 17. The average Bonchev–Trinajstić information content (AvgIpc) is 2.88. The van der Waals surface area contributed by atoms with Crippen molar-refractivity contribution in [2.45, 2.75) is 86.1 Å². The van der Waals surface area contributed by atoms with Crippen molar-refractivity contribution in [1.29, 1.82) is 0 Å². The summed E-state index contributed by atoms with van der Waals surface area (Å²) in [5, 5.41) is 9.72. The van der Waals surface area contributed by atoms with Crippen LogP contribution in [0.15, 0.2) is 18.2 Å². The highest BCUT2D eigenvalue weighted by Crippen LogP contribution is 2.36. The van der Waals surface area contributed by atoms with Gasteiger partial charge in [0, 0.05) is 12.3 Å². The van der Waals surface area contributed by atoms with Gasteiger partial charge in [0.25, 0.3) is 0 Å². The molecule has 1 aromatic rings. The van der Waals surface area contributed by atoms with Crippen LogP contribution in [-0.4, -0.2) is 55.2 Å². The van der Waals surface area contributed by atoms with Gasteiger partial charge in [0.1, 0.15) is 6.04 Å². The minimum Gasteiger partial charge on any atom is -0.480 e. The monoisotopic (exact) mass is 581 g/mol. The normalized spacial score (nSPS) is 14.1. The summed E-state index contributed by atoms with van der Waals surface area (Å²) in [7, 11) is 0. The van der Waals surface area contributed by atoms with Gasteiger partial charge in [-0.05, 0) is 54.2 Å². The molecule has 11 heteroatoms. The maximum absolute atomic E-state index is 12.4. The zero-order valence-electron chi connectivity index (χ0n) is 25.3. The lowest BCUT2D eigenvalue weighted by Gasteiger charge is -2.28. The number of esters is 1. The van der Waals surface area contributed by atoms with Crippen molar-refractivity contribution in [3.63, 3.8) is 0 Å². The van der Waals surface area contributed by atoms with Crippen LogP contribution in [0.5, 0.6) is 11.5 Å². The number of carbonyl (C=O) groups excluding carboxylic acids is 3. The zero-order chi connectivity index (χ0) is 31.1. The molecule has 11 nitrogen and oxygen atoms in total. The SMILES string of the molecule is CCC(C)CC(=O)OCC(C)C(c1ccc(OC(=O)OCCC(C)C)c(OC(=O)OCCC(C)C)c1)[C@H](N)C(=O)O. The number of carboxylic acid groups (broad SMARTS) is 1. The maximum atomic E-state index is 12.4. The molecule has 4 atom stereocenters. The van der Waals surface area contributed by atoms with E-state index in [0.717, 1.165) is 6.42 Å².